The minimum atomic E-state index is -0.969. The monoisotopic (exact) mass is 441 g/mol. The number of hydrogen-bond donors (Lipinski definition) is 1. The molecule has 1 saturated heterocycles. The number of Topliss-reactive ketones (excluding diaryl/α,β-unsaturated/α-hetero) is 1. The number of halogens is 1. The minimum Gasteiger partial charge on any atom is -0.872 e. The molecular formula is C23H24FN3O5. The Morgan fingerprint density at radius 2 is 1.66 bits per heavy atom. The average molecular weight is 441 g/mol. The van der Waals surface area contributed by atoms with Gasteiger partial charge in [0, 0.05) is 17.7 Å². The van der Waals surface area contributed by atoms with Crippen molar-refractivity contribution in [3.8, 4) is 0 Å². The molecule has 0 aliphatic carbocycles. The highest BCUT2D eigenvalue weighted by atomic mass is 19.1. The van der Waals surface area contributed by atoms with Crippen LogP contribution in [-0.2, 0) is 9.59 Å². The Hall–Kier alpha value is -3.59. The molecule has 2 aromatic rings. The van der Waals surface area contributed by atoms with Crippen molar-refractivity contribution in [2.24, 2.45) is 0 Å². The third-order valence-electron chi connectivity index (χ3n) is 5.76. The summed E-state index contributed by atoms with van der Waals surface area (Å²) in [6.45, 7) is 6.51. The van der Waals surface area contributed by atoms with Gasteiger partial charge in [-0.05, 0) is 49.2 Å². The Kier molecular flexibility index (Phi) is 6.99. The fraction of sp³-hybridized carbons (Fsp3) is 0.304. The van der Waals surface area contributed by atoms with Gasteiger partial charge in [-0.1, -0.05) is 17.9 Å². The van der Waals surface area contributed by atoms with Gasteiger partial charge >= 0.3 is 0 Å². The van der Waals surface area contributed by atoms with E-state index < -0.39 is 34.2 Å². The number of ketones is 1. The zero-order valence-corrected chi connectivity index (χ0v) is 17.8. The molecule has 0 spiro atoms. The number of hydrogen-bond acceptors (Lipinski definition) is 5. The molecule has 1 unspecified atom stereocenters. The zero-order chi connectivity index (χ0) is 23.4. The number of likely N-dealkylation sites (tertiary alicyclic amines) is 1. The molecule has 8 nitrogen and oxygen atoms in total. The summed E-state index contributed by atoms with van der Waals surface area (Å²) in [5.74, 6) is -2.89. The van der Waals surface area contributed by atoms with Crippen LogP contribution in [0.1, 0.15) is 31.0 Å². The average Bonchev–Trinajstić information content (AvgIpc) is 3.04. The highest BCUT2D eigenvalue weighted by Gasteiger charge is 2.44. The molecule has 0 bridgehead atoms. The fourth-order valence-electron chi connectivity index (χ4n) is 3.86. The van der Waals surface area contributed by atoms with Crippen molar-refractivity contribution in [3.63, 3.8) is 0 Å². The molecule has 9 heteroatoms. The topological polar surface area (TPSA) is 108 Å². The number of amides is 1. The minimum absolute atomic E-state index is 0.0886. The lowest BCUT2D eigenvalue weighted by Crippen LogP contribution is -3.12. The Morgan fingerprint density at radius 1 is 1.06 bits per heavy atom. The first-order valence-electron chi connectivity index (χ1n) is 10.4. The Bertz CT molecular complexity index is 1050. The summed E-state index contributed by atoms with van der Waals surface area (Å²) in [7, 11) is 0. The summed E-state index contributed by atoms with van der Waals surface area (Å²) in [6.07, 6.45) is 0. The normalized spacial score (nSPS) is 17.9. The molecule has 168 valence electrons. The quantitative estimate of drug-likeness (QED) is 0.215. The lowest BCUT2D eigenvalue weighted by Gasteiger charge is -2.28. The van der Waals surface area contributed by atoms with Crippen LogP contribution in [0.4, 0.5) is 10.1 Å². The van der Waals surface area contributed by atoms with Gasteiger partial charge in [0.1, 0.15) is 5.82 Å². The van der Waals surface area contributed by atoms with Crippen LogP contribution >= 0.6 is 0 Å². The van der Waals surface area contributed by atoms with Gasteiger partial charge < -0.3 is 14.9 Å². The summed E-state index contributed by atoms with van der Waals surface area (Å²) in [5.41, 5.74) is 0.139. The first-order valence-corrected chi connectivity index (χ1v) is 10.4. The molecule has 0 saturated carbocycles. The Balaban J connectivity index is 2.10. The van der Waals surface area contributed by atoms with Crippen molar-refractivity contribution in [1.82, 2.24) is 4.90 Å². The second kappa shape index (κ2) is 9.69. The number of benzene rings is 2. The molecule has 1 atom stereocenters. The number of nitro groups is 1. The lowest BCUT2D eigenvalue weighted by atomic mass is 9.95. The predicted molar refractivity (Wildman–Crippen MR) is 113 cm³/mol. The number of carbonyl (C=O) groups excluding carboxylic acids is 2. The summed E-state index contributed by atoms with van der Waals surface area (Å²) in [5, 5.41) is 24.2. The molecule has 3 rings (SSSR count). The van der Waals surface area contributed by atoms with Crippen molar-refractivity contribution < 1.29 is 28.9 Å². The van der Waals surface area contributed by atoms with Crippen LogP contribution < -0.4 is 10.0 Å². The third kappa shape index (κ3) is 4.52. The smallest absolute Gasteiger partial charge is 0.295 e. The number of carbonyl (C=O) groups is 2. The number of likely N-dealkylation sites (N-methyl/N-ethyl adjacent to an activating group) is 1. The van der Waals surface area contributed by atoms with Crippen molar-refractivity contribution in [2.75, 3.05) is 26.2 Å². The first kappa shape index (κ1) is 23.1. The van der Waals surface area contributed by atoms with Crippen molar-refractivity contribution in [2.45, 2.75) is 19.9 Å². The SMILES string of the molecule is CC[NH+](CC)CCN1C(=O)C(=O)/C(=C(/[O-])c2ccc(F)cc2)C1c1ccc([N+](=O)[O-])cc1. The molecule has 1 aliphatic rings. The number of non-ortho nitro benzene ring substituents is 1. The summed E-state index contributed by atoms with van der Waals surface area (Å²) in [6, 6.07) is 9.22. The van der Waals surface area contributed by atoms with Crippen molar-refractivity contribution >= 4 is 23.1 Å². The van der Waals surface area contributed by atoms with Crippen LogP contribution in [0.15, 0.2) is 54.1 Å². The van der Waals surface area contributed by atoms with E-state index in [-0.39, 0.29) is 23.4 Å². The molecule has 0 aromatic heterocycles. The fourth-order valence-corrected chi connectivity index (χ4v) is 3.86. The highest BCUT2D eigenvalue weighted by molar-refractivity contribution is 6.46. The zero-order valence-electron chi connectivity index (χ0n) is 17.8. The van der Waals surface area contributed by atoms with Crippen LogP contribution in [0, 0.1) is 15.9 Å². The maximum atomic E-state index is 13.3. The van der Waals surface area contributed by atoms with Crippen LogP contribution in [0.3, 0.4) is 0 Å². The standard InChI is InChI=1S/C23H24FN3O5/c1-3-25(4-2)13-14-26-20(15-7-11-18(12-8-15)27(31)32)19(22(29)23(26)30)21(28)16-5-9-17(24)10-6-16/h5-12,20,28H,3-4,13-14H2,1-2H3/b21-19+. The highest BCUT2D eigenvalue weighted by Crippen LogP contribution is 2.38. The number of rotatable bonds is 8. The van der Waals surface area contributed by atoms with Gasteiger partial charge in [-0.3, -0.25) is 19.7 Å². The molecule has 1 amide bonds. The number of nitrogens with one attached hydrogen (secondary N) is 1. The first-order chi connectivity index (χ1) is 15.3. The van der Waals surface area contributed by atoms with Gasteiger partial charge in [0.2, 0.25) is 5.78 Å². The lowest BCUT2D eigenvalue weighted by molar-refractivity contribution is -0.895. The Labute approximate surface area is 184 Å². The molecule has 2 aromatic carbocycles. The van der Waals surface area contributed by atoms with Crippen LogP contribution in [0.2, 0.25) is 0 Å². The van der Waals surface area contributed by atoms with Gasteiger partial charge in [0.15, 0.2) is 0 Å². The number of nitro benzene ring substituents is 1. The summed E-state index contributed by atoms with van der Waals surface area (Å²) < 4.78 is 13.3. The van der Waals surface area contributed by atoms with Gasteiger partial charge in [0.05, 0.1) is 37.1 Å². The van der Waals surface area contributed by atoms with Crippen molar-refractivity contribution in [1.29, 1.82) is 0 Å². The number of quaternary nitrogens is 1. The van der Waals surface area contributed by atoms with Crippen LogP contribution in [-0.4, -0.2) is 47.7 Å². The second-order valence-corrected chi connectivity index (χ2v) is 7.54. The van der Waals surface area contributed by atoms with Gasteiger partial charge in [0.25, 0.3) is 11.6 Å². The van der Waals surface area contributed by atoms with Crippen LogP contribution in [0.25, 0.3) is 5.76 Å². The second-order valence-electron chi connectivity index (χ2n) is 7.54. The largest absolute Gasteiger partial charge is 0.872 e. The van der Waals surface area contributed by atoms with Gasteiger partial charge in [-0.25, -0.2) is 4.39 Å². The predicted octanol–water partition coefficient (Wildman–Crippen LogP) is 0.883. The maximum absolute atomic E-state index is 13.3. The van der Waals surface area contributed by atoms with E-state index in [9.17, 15) is 29.2 Å². The Morgan fingerprint density at radius 3 is 2.19 bits per heavy atom. The third-order valence-corrected chi connectivity index (χ3v) is 5.76. The number of nitrogens with zero attached hydrogens (tertiary/aromatic N) is 2. The van der Waals surface area contributed by atoms with E-state index in [1.54, 1.807) is 0 Å². The molecule has 1 fully saturated rings. The van der Waals surface area contributed by atoms with Crippen molar-refractivity contribution in [3.05, 3.63) is 81.2 Å². The van der Waals surface area contributed by atoms with E-state index in [2.05, 4.69) is 0 Å². The van der Waals surface area contributed by atoms with Crippen LogP contribution in [0.5, 0.6) is 0 Å². The molecule has 1 heterocycles. The molecule has 1 aliphatic heterocycles. The van der Waals surface area contributed by atoms with E-state index >= 15 is 0 Å². The van der Waals surface area contributed by atoms with E-state index in [0.717, 1.165) is 25.2 Å². The molecule has 0 radical (unpaired) electrons. The van der Waals surface area contributed by atoms with E-state index in [1.807, 2.05) is 13.8 Å². The van der Waals surface area contributed by atoms with E-state index in [4.69, 9.17) is 0 Å². The van der Waals surface area contributed by atoms with Gasteiger partial charge in [-0.15, -0.1) is 0 Å². The molecule has 1 N–H and O–H groups in total. The maximum Gasteiger partial charge on any atom is 0.295 e. The van der Waals surface area contributed by atoms with E-state index in [0.29, 0.717) is 12.1 Å². The summed E-state index contributed by atoms with van der Waals surface area (Å²) >= 11 is 0. The van der Waals surface area contributed by atoms with Gasteiger partial charge in [-0.2, -0.15) is 0 Å². The summed E-state index contributed by atoms with van der Waals surface area (Å²) in [4.78, 5) is 38.8. The molecule has 32 heavy (non-hydrogen) atoms. The van der Waals surface area contributed by atoms with E-state index in [1.165, 1.54) is 46.2 Å². The molecular weight excluding hydrogens is 417 g/mol.